The Balaban J connectivity index is 1.98. The van der Waals surface area contributed by atoms with E-state index in [9.17, 15) is 0 Å². The SMILES string of the molecule is CC[C@@H](C)Cn1c(/C=C/c2ccc(Cl)cc2)nc2ccccc21. The molecule has 0 N–H and O–H groups in total. The van der Waals surface area contributed by atoms with E-state index >= 15 is 0 Å². The van der Waals surface area contributed by atoms with Crippen molar-refractivity contribution in [2.45, 2.75) is 26.8 Å². The van der Waals surface area contributed by atoms with Crippen LogP contribution in [0.4, 0.5) is 0 Å². The second kappa shape index (κ2) is 7.01. The molecule has 0 unspecified atom stereocenters. The van der Waals surface area contributed by atoms with Gasteiger partial charge in [0.1, 0.15) is 5.82 Å². The van der Waals surface area contributed by atoms with Gasteiger partial charge in [-0.3, -0.25) is 0 Å². The Morgan fingerprint density at radius 1 is 1.09 bits per heavy atom. The Bertz CT molecular complexity index is 815. The summed E-state index contributed by atoms with van der Waals surface area (Å²) >= 11 is 5.94. The first-order chi connectivity index (χ1) is 11.2. The smallest absolute Gasteiger partial charge is 0.133 e. The molecule has 0 bridgehead atoms. The van der Waals surface area contributed by atoms with E-state index in [1.807, 2.05) is 30.3 Å². The van der Waals surface area contributed by atoms with E-state index in [4.69, 9.17) is 16.6 Å². The average Bonchev–Trinajstić information content (AvgIpc) is 2.92. The van der Waals surface area contributed by atoms with Gasteiger partial charge in [0.25, 0.3) is 0 Å². The summed E-state index contributed by atoms with van der Waals surface area (Å²) in [5.41, 5.74) is 3.37. The van der Waals surface area contributed by atoms with Gasteiger partial charge in [0.05, 0.1) is 11.0 Å². The molecule has 0 saturated carbocycles. The lowest BCUT2D eigenvalue weighted by Gasteiger charge is -2.12. The largest absolute Gasteiger partial charge is 0.324 e. The molecule has 0 aliphatic rings. The maximum absolute atomic E-state index is 5.94. The first kappa shape index (κ1) is 15.8. The van der Waals surface area contributed by atoms with Gasteiger partial charge in [-0.1, -0.05) is 62.2 Å². The highest BCUT2D eigenvalue weighted by atomic mass is 35.5. The first-order valence-electron chi connectivity index (χ1n) is 8.06. The number of para-hydroxylation sites is 2. The molecule has 1 heterocycles. The molecule has 1 aromatic heterocycles. The zero-order chi connectivity index (χ0) is 16.2. The zero-order valence-corrected chi connectivity index (χ0v) is 14.3. The van der Waals surface area contributed by atoms with Gasteiger partial charge in [-0.15, -0.1) is 0 Å². The molecule has 0 aliphatic carbocycles. The summed E-state index contributed by atoms with van der Waals surface area (Å²) in [6, 6.07) is 16.2. The lowest BCUT2D eigenvalue weighted by molar-refractivity contribution is 0.474. The van der Waals surface area contributed by atoms with Crippen LogP contribution in [0, 0.1) is 5.92 Å². The molecule has 0 spiro atoms. The van der Waals surface area contributed by atoms with Gasteiger partial charge >= 0.3 is 0 Å². The lowest BCUT2D eigenvalue weighted by Crippen LogP contribution is -2.08. The van der Waals surface area contributed by atoms with Crippen molar-refractivity contribution in [2.75, 3.05) is 0 Å². The molecule has 0 radical (unpaired) electrons. The van der Waals surface area contributed by atoms with Crippen molar-refractivity contribution in [3.05, 3.63) is 64.9 Å². The Labute approximate surface area is 142 Å². The molecule has 1 atom stereocenters. The third-order valence-electron chi connectivity index (χ3n) is 4.17. The molecule has 2 aromatic carbocycles. The number of hydrogen-bond acceptors (Lipinski definition) is 1. The number of fused-ring (bicyclic) bond motifs is 1. The van der Waals surface area contributed by atoms with Crippen molar-refractivity contribution in [3.8, 4) is 0 Å². The summed E-state index contributed by atoms with van der Waals surface area (Å²) in [7, 11) is 0. The van der Waals surface area contributed by atoms with E-state index in [0.717, 1.165) is 34.9 Å². The van der Waals surface area contributed by atoms with Crippen LogP contribution in [-0.4, -0.2) is 9.55 Å². The van der Waals surface area contributed by atoms with Crippen molar-refractivity contribution in [1.29, 1.82) is 0 Å². The van der Waals surface area contributed by atoms with Crippen LogP contribution >= 0.6 is 11.6 Å². The van der Waals surface area contributed by atoms with E-state index < -0.39 is 0 Å². The molecule has 3 heteroatoms. The summed E-state index contributed by atoms with van der Waals surface area (Å²) in [6.07, 6.45) is 5.34. The third kappa shape index (κ3) is 3.65. The fourth-order valence-corrected chi connectivity index (χ4v) is 2.72. The Morgan fingerprint density at radius 3 is 2.57 bits per heavy atom. The van der Waals surface area contributed by atoms with Gasteiger partial charge in [-0.2, -0.15) is 0 Å². The Kier molecular flexibility index (Phi) is 4.82. The van der Waals surface area contributed by atoms with Crippen LogP contribution in [0.25, 0.3) is 23.2 Å². The van der Waals surface area contributed by atoms with E-state index in [2.05, 4.69) is 48.8 Å². The van der Waals surface area contributed by atoms with E-state index in [0.29, 0.717) is 5.92 Å². The predicted molar refractivity (Wildman–Crippen MR) is 99.6 cm³/mol. The second-order valence-electron chi connectivity index (χ2n) is 5.97. The zero-order valence-electron chi connectivity index (χ0n) is 13.5. The Morgan fingerprint density at radius 2 is 1.83 bits per heavy atom. The molecule has 23 heavy (non-hydrogen) atoms. The number of rotatable bonds is 5. The molecular weight excluding hydrogens is 304 g/mol. The van der Waals surface area contributed by atoms with Crippen LogP contribution in [0.1, 0.15) is 31.7 Å². The standard InChI is InChI=1S/C20H21ClN2/c1-3-15(2)14-23-19-7-5-4-6-18(19)22-20(23)13-10-16-8-11-17(21)12-9-16/h4-13,15H,3,14H2,1-2H3/b13-10+/t15-/m1/s1. The highest BCUT2D eigenvalue weighted by Gasteiger charge is 2.10. The van der Waals surface area contributed by atoms with Crippen LogP contribution in [-0.2, 0) is 6.54 Å². The predicted octanol–water partition coefficient (Wildman–Crippen LogP) is 5.91. The van der Waals surface area contributed by atoms with Crippen LogP contribution in [0.3, 0.4) is 0 Å². The second-order valence-corrected chi connectivity index (χ2v) is 6.40. The average molecular weight is 325 g/mol. The number of hydrogen-bond donors (Lipinski definition) is 0. The van der Waals surface area contributed by atoms with Crippen molar-refractivity contribution in [3.63, 3.8) is 0 Å². The van der Waals surface area contributed by atoms with Gasteiger partial charge in [0.15, 0.2) is 0 Å². The molecule has 3 rings (SSSR count). The topological polar surface area (TPSA) is 17.8 Å². The molecular formula is C20H21ClN2. The van der Waals surface area contributed by atoms with Crippen molar-refractivity contribution < 1.29 is 0 Å². The summed E-state index contributed by atoms with van der Waals surface area (Å²) in [6.45, 7) is 5.49. The first-order valence-corrected chi connectivity index (χ1v) is 8.44. The van der Waals surface area contributed by atoms with Gasteiger partial charge < -0.3 is 4.57 Å². The molecule has 0 amide bonds. The highest BCUT2D eigenvalue weighted by molar-refractivity contribution is 6.30. The normalized spacial score (nSPS) is 13.0. The van der Waals surface area contributed by atoms with E-state index in [1.54, 1.807) is 0 Å². The fraction of sp³-hybridized carbons (Fsp3) is 0.250. The lowest BCUT2D eigenvalue weighted by atomic mass is 10.1. The number of nitrogens with zero attached hydrogens (tertiary/aromatic N) is 2. The summed E-state index contributed by atoms with van der Waals surface area (Å²) in [4.78, 5) is 4.78. The minimum Gasteiger partial charge on any atom is -0.324 e. The summed E-state index contributed by atoms with van der Waals surface area (Å²) in [5, 5.41) is 0.756. The maximum Gasteiger partial charge on any atom is 0.133 e. The Hall–Kier alpha value is -2.06. The number of imidazole rings is 1. The van der Waals surface area contributed by atoms with Gasteiger partial charge in [0, 0.05) is 11.6 Å². The molecule has 2 nitrogen and oxygen atoms in total. The maximum atomic E-state index is 5.94. The van der Waals surface area contributed by atoms with Gasteiger partial charge in [-0.25, -0.2) is 4.98 Å². The van der Waals surface area contributed by atoms with Crippen LogP contribution in [0.15, 0.2) is 48.5 Å². The molecule has 0 fully saturated rings. The van der Waals surface area contributed by atoms with E-state index in [-0.39, 0.29) is 0 Å². The van der Waals surface area contributed by atoms with E-state index in [1.165, 1.54) is 5.52 Å². The molecule has 3 aromatic rings. The van der Waals surface area contributed by atoms with Crippen LogP contribution < -0.4 is 0 Å². The number of benzene rings is 2. The fourth-order valence-electron chi connectivity index (χ4n) is 2.60. The molecule has 0 aliphatic heterocycles. The van der Waals surface area contributed by atoms with Gasteiger partial charge in [0.2, 0.25) is 0 Å². The molecule has 118 valence electrons. The van der Waals surface area contributed by atoms with Crippen molar-refractivity contribution >= 4 is 34.8 Å². The third-order valence-corrected chi connectivity index (χ3v) is 4.42. The minimum atomic E-state index is 0.621. The quantitative estimate of drug-likeness (QED) is 0.570. The van der Waals surface area contributed by atoms with Crippen molar-refractivity contribution in [1.82, 2.24) is 9.55 Å². The molecule has 0 saturated heterocycles. The monoisotopic (exact) mass is 324 g/mol. The minimum absolute atomic E-state index is 0.621. The summed E-state index contributed by atoms with van der Waals surface area (Å²) < 4.78 is 2.32. The van der Waals surface area contributed by atoms with Crippen molar-refractivity contribution in [2.24, 2.45) is 5.92 Å². The summed E-state index contributed by atoms with van der Waals surface area (Å²) in [5.74, 6) is 1.62. The van der Waals surface area contributed by atoms with Crippen LogP contribution in [0.2, 0.25) is 5.02 Å². The highest BCUT2D eigenvalue weighted by Crippen LogP contribution is 2.21. The van der Waals surface area contributed by atoms with Gasteiger partial charge in [-0.05, 0) is 41.8 Å². The number of halogens is 1. The van der Waals surface area contributed by atoms with Crippen LogP contribution in [0.5, 0.6) is 0 Å². The number of aromatic nitrogens is 2.